The van der Waals surface area contributed by atoms with Crippen molar-refractivity contribution in [3.8, 4) is 11.3 Å². The molecule has 0 bridgehead atoms. The van der Waals surface area contributed by atoms with E-state index in [4.69, 9.17) is 11.6 Å². The number of aromatic amines is 1. The Morgan fingerprint density at radius 2 is 2.00 bits per heavy atom. The summed E-state index contributed by atoms with van der Waals surface area (Å²) in [6.07, 6.45) is 1.44. The number of aromatic nitrogens is 2. The molecular formula is C20H21ClN4OS. The van der Waals surface area contributed by atoms with E-state index in [0.29, 0.717) is 6.42 Å². The molecule has 0 unspecified atom stereocenters. The molecule has 140 valence electrons. The van der Waals surface area contributed by atoms with E-state index in [9.17, 15) is 4.79 Å². The van der Waals surface area contributed by atoms with Gasteiger partial charge in [-0.15, -0.1) is 0 Å². The number of hydrogen-bond acceptors (Lipinski definition) is 4. The molecule has 0 spiro atoms. The Morgan fingerprint density at radius 3 is 2.78 bits per heavy atom. The summed E-state index contributed by atoms with van der Waals surface area (Å²) in [5, 5.41) is 12.4. The molecule has 7 heteroatoms. The van der Waals surface area contributed by atoms with Gasteiger partial charge in [0.05, 0.1) is 12.1 Å². The van der Waals surface area contributed by atoms with Crippen LogP contribution in [0.15, 0.2) is 47.2 Å². The molecule has 0 atom stereocenters. The van der Waals surface area contributed by atoms with Crippen LogP contribution in [0.25, 0.3) is 11.3 Å². The molecule has 2 aromatic heterocycles. The molecular weight excluding hydrogens is 380 g/mol. The highest BCUT2D eigenvalue weighted by Crippen LogP contribution is 2.24. The van der Waals surface area contributed by atoms with Crippen LogP contribution in [-0.2, 0) is 11.2 Å². The maximum Gasteiger partial charge on any atom is 0.227 e. The van der Waals surface area contributed by atoms with Gasteiger partial charge in [0.15, 0.2) is 5.82 Å². The lowest BCUT2D eigenvalue weighted by Crippen LogP contribution is -2.36. The van der Waals surface area contributed by atoms with Crippen molar-refractivity contribution in [1.29, 1.82) is 0 Å². The van der Waals surface area contributed by atoms with Gasteiger partial charge in [0.25, 0.3) is 0 Å². The Kier molecular flexibility index (Phi) is 5.45. The summed E-state index contributed by atoms with van der Waals surface area (Å²) < 4.78 is 0. The smallest absolute Gasteiger partial charge is 0.227 e. The van der Waals surface area contributed by atoms with Crippen molar-refractivity contribution in [2.45, 2.75) is 12.8 Å². The second-order valence-electron chi connectivity index (χ2n) is 6.68. The summed E-state index contributed by atoms with van der Waals surface area (Å²) in [4.78, 5) is 16.8. The standard InChI is InChI=1S/C20H21ClN4OS/c21-17-4-2-16(3-5-17)18-13-19(23-22-18)24-7-1-8-25(10-9-24)20(26)12-15-6-11-27-14-15/h2-6,11,13-14H,1,7-10,12H2,(H,22,23). The van der Waals surface area contributed by atoms with Crippen LogP contribution in [0.5, 0.6) is 0 Å². The van der Waals surface area contributed by atoms with Crippen LogP contribution in [-0.4, -0.2) is 47.2 Å². The molecule has 27 heavy (non-hydrogen) atoms. The van der Waals surface area contributed by atoms with E-state index in [0.717, 1.165) is 60.3 Å². The zero-order valence-corrected chi connectivity index (χ0v) is 16.5. The quantitative estimate of drug-likeness (QED) is 0.718. The van der Waals surface area contributed by atoms with Gasteiger partial charge in [-0.1, -0.05) is 23.7 Å². The lowest BCUT2D eigenvalue weighted by molar-refractivity contribution is -0.130. The molecule has 1 saturated heterocycles. The molecule has 1 aliphatic rings. The van der Waals surface area contributed by atoms with E-state index in [1.807, 2.05) is 46.0 Å². The van der Waals surface area contributed by atoms with Crippen LogP contribution in [0.4, 0.5) is 5.82 Å². The second kappa shape index (κ2) is 8.15. The summed E-state index contributed by atoms with van der Waals surface area (Å²) in [5.74, 6) is 1.13. The molecule has 1 aliphatic heterocycles. The fourth-order valence-electron chi connectivity index (χ4n) is 3.33. The average Bonchev–Trinajstić information content (AvgIpc) is 3.30. The summed E-state index contributed by atoms with van der Waals surface area (Å²) >= 11 is 7.60. The largest absolute Gasteiger partial charge is 0.353 e. The normalized spacial score (nSPS) is 15.0. The minimum atomic E-state index is 0.208. The third-order valence-corrected chi connectivity index (χ3v) is 5.81. The Bertz CT molecular complexity index is 891. The first kappa shape index (κ1) is 18.1. The maximum atomic E-state index is 12.6. The first-order valence-corrected chi connectivity index (χ1v) is 10.4. The lowest BCUT2D eigenvalue weighted by atomic mass is 10.1. The average molecular weight is 401 g/mol. The van der Waals surface area contributed by atoms with Crippen molar-refractivity contribution in [3.05, 3.63) is 57.7 Å². The summed E-state index contributed by atoms with van der Waals surface area (Å²) in [6, 6.07) is 11.8. The van der Waals surface area contributed by atoms with Gasteiger partial charge in [0.1, 0.15) is 0 Å². The summed E-state index contributed by atoms with van der Waals surface area (Å²) in [6.45, 7) is 3.22. The Balaban J connectivity index is 1.39. The van der Waals surface area contributed by atoms with Crippen LogP contribution >= 0.6 is 22.9 Å². The van der Waals surface area contributed by atoms with Gasteiger partial charge in [-0.05, 0) is 46.5 Å². The number of rotatable bonds is 4. The molecule has 1 fully saturated rings. The molecule has 3 aromatic rings. The van der Waals surface area contributed by atoms with E-state index < -0.39 is 0 Å². The van der Waals surface area contributed by atoms with Crippen molar-refractivity contribution in [2.24, 2.45) is 0 Å². The zero-order chi connectivity index (χ0) is 18.6. The minimum absolute atomic E-state index is 0.208. The molecule has 0 aliphatic carbocycles. The number of carbonyl (C=O) groups is 1. The van der Waals surface area contributed by atoms with Crippen LogP contribution in [0.2, 0.25) is 5.02 Å². The van der Waals surface area contributed by atoms with Crippen molar-refractivity contribution in [3.63, 3.8) is 0 Å². The van der Waals surface area contributed by atoms with E-state index in [-0.39, 0.29) is 5.91 Å². The van der Waals surface area contributed by atoms with Crippen LogP contribution in [0.1, 0.15) is 12.0 Å². The highest BCUT2D eigenvalue weighted by Gasteiger charge is 2.21. The monoisotopic (exact) mass is 400 g/mol. The van der Waals surface area contributed by atoms with Gasteiger partial charge in [-0.3, -0.25) is 9.89 Å². The predicted octanol–water partition coefficient (Wildman–Crippen LogP) is 4.07. The van der Waals surface area contributed by atoms with E-state index in [1.165, 1.54) is 0 Å². The third-order valence-electron chi connectivity index (χ3n) is 4.83. The number of halogens is 1. The van der Waals surface area contributed by atoms with Gasteiger partial charge in [-0.25, -0.2) is 0 Å². The van der Waals surface area contributed by atoms with Crippen molar-refractivity contribution >= 4 is 34.7 Å². The highest BCUT2D eigenvalue weighted by atomic mass is 35.5. The number of anilines is 1. The molecule has 0 radical (unpaired) electrons. The SMILES string of the molecule is O=C(Cc1ccsc1)N1CCCN(c2cc(-c3ccc(Cl)cc3)[nH]n2)CC1. The van der Waals surface area contributed by atoms with Crippen LogP contribution < -0.4 is 4.90 Å². The van der Waals surface area contributed by atoms with Gasteiger partial charge < -0.3 is 9.80 Å². The molecule has 0 saturated carbocycles. The number of carbonyl (C=O) groups excluding carboxylic acids is 1. The Hall–Kier alpha value is -2.31. The van der Waals surface area contributed by atoms with Crippen LogP contribution in [0, 0.1) is 0 Å². The first-order valence-electron chi connectivity index (χ1n) is 9.04. The number of benzene rings is 1. The number of thiophene rings is 1. The number of nitrogens with one attached hydrogen (secondary N) is 1. The third kappa shape index (κ3) is 4.34. The molecule has 1 N–H and O–H groups in total. The second-order valence-corrected chi connectivity index (χ2v) is 7.89. The first-order chi connectivity index (χ1) is 13.2. The predicted molar refractivity (Wildman–Crippen MR) is 110 cm³/mol. The fraction of sp³-hybridized carbons (Fsp3) is 0.300. The number of hydrogen-bond donors (Lipinski definition) is 1. The number of H-pyrrole nitrogens is 1. The van der Waals surface area contributed by atoms with Crippen molar-refractivity contribution in [2.75, 3.05) is 31.1 Å². The van der Waals surface area contributed by atoms with E-state index in [1.54, 1.807) is 11.3 Å². The topological polar surface area (TPSA) is 52.2 Å². The molecule has 3 heterocycles. The molecule has 5 nitrogen and oxygen atoms in total. The van der Waals surface area contributed by atoms with Gasteiger partial charge >= 0.3 is 0 Å². The molecule has 4 rings (SSSR count). The maximum absolute atomic E-state index is 12.6. The minimum Gasteiger partial charge on any atom is -0.353 e. The Labute approximate surface area is 167 Å². The zero-order valence-electron chi connectivity index (χ0n) is 14.9. The van der Waals surface area contributed by atoms with E-state index in [2.05, 4.69) is 21.2 Å². The molecule has 1 amide bonds. The van der Waals surface area contributed by atoms with Gasteiger partial charge in [-0.2, -0.15) is 16.4 Å². The van der Waals surface area contributed by atoms with Crippen LogP contribution in [0.3, 0.4) is 0 Å². The number of nitrogens with zero attached hydrogens (tertiary/aromatic N) is 3. The Morgan fingerprint density at radius 1 is 1.15 bits per heavy atom. The molecule has 1 aromatic carbocycles. The fourth-order valence-corrected chi connectivity index (χ4v) is 4.12. The van der Waals surface area contributed by atoms with Crippen molar-refractivity contribution < 1.29 is 4.79 Å². The van der Waals surface area contributed by atoms with Gasteiger partial charge in [0.2, 0.25) is 5.91 Å². The lowest BCUT2D eigenvalue weighted by Gasteiger charge is -2.21. The summed E-state index contributed by atoms with van der Waals surface area (Å²) in [7, 11) is 0. The van der Waals surface area contributed by atoms with Crippen molar-refractivity contribution in [1.82, 2.24) is 15.1 Å². The summed E-state index contributed by atoms with van der Waals surface area (Å²) in [5.41, 5.74) is 3.13. The number of amides is 1. The van der Waals surface area contributed by atoms with E-state index >= 15 is 0 Å². The van der Waals surface area contributed by atoms with Gasteiger partial charge in [0, 0.05) is 37.3 Å². The highest BCUT2D eigenvalue weighted by molar-refractivity contribution is 7.08.